The summed E-state index contributed by atoms with van der Waals surface area (Å²) in [5.74, 6) is 0. The van der Waals surface area contributed by atoms with Gasteiger partial charge in [-0.25, -0.2) is 0 Å². The van der Waals surface area contributed by atoms with Crippen LogP contribution in [0, 0.1) is 0 Å². The minimum atomic E-state index is 0.394. The summed E-state index contributed by atoms with van der Waals surface area (Å²) in [5.41, 5.74) is 0. The molecule has 0 aromatic rings. The zero-order chi connectivity index (χ0) is 5.70. The Kier molecular flexibility index (Phi) is 5.93. The van der Waals surface area contributed by atoms with Crippen LogP contribution in [0.25, 0.3) is 0 Å². The fraction of sp³-hybridized carbons (Fsp3) is 1.00. The molecule has 7 heavy (non-hydrogen) atoms. The quantitative estimate of drug-likeness (QED) is 0.383. The van der Waals surface area contributed by atoms with E-state index in [2.05, 4.69) is 31.0 Å². The Morgan fingerprint density at radius 1 is 1.43 bits per heavy atom. The van der Waals surface area contributed by atoms with E-state index in [9.17, 15) is 0 Å². The molecule has 0 amide bonds. The number of hydrogen-bond donors (Lipinski definition) is 0. The summed E-state index contributed by atoms with van der Waals surface area (Å²) in [4.78, 5) is 0. The van der Waals surface area contributed by atoms with E-state index < -0.39 is 0 Å². The van der Waals surface area contributed by atoms with Crippen molar-refractivity contribution in [1.82, 2.24) is 0 Å². The minimum absolute atomic E-state index is 0.394. The van der Waals surface area contributed by atoms with Gasteiger partial charge in [-0.2, -0.15) is 0 Å². The molecule has 0 atom stereocenters. The van der Waals surface area contributed by atoms with Crippen molar-refractivity contribution >= 4 is 25.6 Å². The zero-order valence-corrected chi connectivity index (χ0v) is 6.46. The third-order valence-corrected chi connectivity index (χ3v) is 2.17. The molecule has 0 aromatic carbocycles. The monoisotopic (exact) mass is 110 g/mol. The van der Waals surface area contributed by atoms with Gasteiger partial charge in [-0.1, -0.05) is 0 Å². The van der Waals surface area contributed by atoms with Crippen molar-refractivity contribution in [3.05, 3.63) is 0 Å². The second-order valence-corrected chi connectivity index (χ2v) is 4.76. The fourth-order valence-electron chi connectivity index (χ4n) is 0.474. The summed E-state index contributed by atoms with van der Waals surface area (Å²) in [6.07, 6.45) is 2.89. The molecule has 0 saturated heterocycles. The van der Waals surface area contributed by atoms with Crippen molar-refractivity contribution in [2.75, 3.05) is 19.5 Å². The first-order chi connectivity index (χ1) is 3.27. The molecule has 0 bridgehead atoms. The molecule has 0 aliphatic heterocycles. The van der Waals surface area contributed by atoms with Gasteiger partial charge in [0.15, 0.2) is 0 Å². The van der Waals surface area contributed by atoms with Gasteiger partial charge in [-0.05, 0) is 0 Å². The molecular weight excluding hydrogens is 98.0 g/mol. The van der Waals surface area contributed by atoms with E-state index in [0.29, 0.717) is 7.92 Å². The second kappa shape index (κ2) is 5.17. The summed E-state index contributed by atoms with van der Waals surface area (Å²) < 4.78 is 0. The van der Waals surface area contributed by atoms with Crippen molar-refractivity contribution in [3.63, 3.8) is 0 Å². The Bertz CT molecular complexity index is 37.1. The average Bonchev–Trinajstić information content (AvgIpc) is 1.61. The molecule has 0 saturated carbocycles. The molecular formula is C5H12LiP. The molecule has 0 unspecified atom stereocenters. The Hall–Kier alpha value is 1.03. The van der Waals surface area contributed by atoms with Gasteiger partial charge >= 0.3 is 56.6 Å². The molecule has 0 aliphatic rings. The average molecular weight is 110 g/mol. The van der Waals surface area contributed by atoms with E-state index in [1.807, 2.05) is 0 Å². The summed E-state index contributed by atoms with van der Waals surface area (Å²) in [6, 6.07) is 0. The fourth-order valence-corrected chi connectivity index (χ4v) is 1.42. The van der Waals surface area contributed by atoms with Crippen LogP contribution < -0.4 is 0 Å². The van der Waals surface area contributed by atoms with E-state index in [1.165, 1.54) is 17.7 Å². The predicted octanol–water partition coefficient (Wildman–Crippen LogP) is 1.70. The van der Waals surface area contributed by atoms with Gasteiger partial charge in [0, 0.05) is 0 Å². The third kappa shape index (κ3) is 7.03. The Morgan fingerprint density at radius 2 is 2.00 bits per heavy atom. The molecule has 0 N–H and O–H groups in total. The topological polar surface area (TPSA) is 0 Å². The van der Waals surface area contributed by atoms with Crippen molar-refractivity contribution < 1.29 is 0 Å². The van der Waals surface area contributed by atoms with Gasteiger partial charge in [0.25, 0.3) is 0 Å². The van der Waals surface area contributed by atoms with Crippen LogP contribution >= 0.6 is 7.92 Å². The molecule has 2 heteroatoms. The van der Waals surface area contributed by atoms with Gasteiger partial charge < -0.3 is 0 Å². The van der Waals surface area contributed by atoms with Gasteiger partial charge in [-0.3, -0.25) is 0 Å². The van der Waals surface area contributed by atoms with E-state index in [4.69, 9.17) is 0 Å². The molecule has 0 aromatic heterocycles. The van der Waals surface area contributed by atoms with E-state index in [-0.39, 0.29) is 0 Å². The van der Waals surface area contributed by atoms with Gasteiger partial charge in [0.1, 0.15) is 0 Å². The SMILES string of the molecule is [Li][CH2]CCP(C)C. The van der Waals surface area contributed by atoms with Crippen molar-refractivity contribution in [1.29, 1.82) is 0 Å². The molecule has 0 fully saturated rings. The van der Waals surface area contributed by atoms with Crippen LogP contribution in [0.1, 0.15) is 6.42 Å². The summed E-state index contributed by atoms with van der Waals surface area (Å²) >= 11 is 2.25. The molecule has 0 radical (unpaired) electrons. The van der Waals surface area contributed by atoms with Crippen LogP contribution in [0.3, 0.4) is 0 Å². The predicted molar refractivity (Wildman–Crippen MR) is 38.8 cm³/mol. The Labute approximate surface area is 57.0 Å². The molecule has 0 heterocycles. The molecule has 0 nitrogen and oxygen atoms in total. The third-order valence-electron chi connectivity index (χ3n) is 0.959. The molecule has 0 aliphatic carbocycles. The van der Waals surface area contributed by atoms with Crippen molar-refractivity contribution in [2.24, 2.45) is 0 Å². The summed E-state index contributed by atoms with van der Waals surface area (Å²) in [6.45, 7) is 4.68. The molecule has 0 rings (SSSR count). The number of hydrogen-bond acceptors (Lipinski definition) is 0. The van der Waals surface area contributed by atoms with Crippen molar-refractivity contribution in [3.8, 4) is 0 Å². The van der Waals surface area contributed by atoms with Gasteiger partial charge in [0.2, 0.25) is 0 Å². The Morgan fingerprint density at radius 3 is 2.14 bits per heavy atom. The van der Waals surface area contributed by atoms with Crippen LogP contribution in [-0.2, 0) is 0 Å². The maximum atomic E-state index is 2.34. The first-order valence-electron chi connectivity index (χ1n) is 2.92. The molecule has 0 spiro atoms. The van der Waals surface area contributed by atoms with Crippen LogP contribution in [0.5, 0.6) is 0 Å². The van der Waals surface area contributed by atoms with E-state index in [0.717, 1.165) is 0 Å². The zero-order valence-electron chi connectivity index (χ0n) is 5.57. The summed E-state index contributed by atoms with van der Waals surface area (Å²) in [7, 11) is 0.394. The van der Waals surface area contributed by atoms with Crippen LogP contribution in [-0.4, -0.2) is 37.2 Å². The van der Waals surface area contributed by atoms with E-state index >= 15 is 0 Å². The standard InChI is InChI=1S/C5H12P.Li/c1-4-5-6(2)3;/h1,4-5H2,2-3H3;. The van der Waals surface area contributed by atoms with Gasteiger partial charge in [-0.15, -0.1) is 0 Å². The summed E-state index contributed by atoms with van der Waals surface area (Å²) in [5, 5.41) is 1.36. The van der Waals surface area contributed by atoms with E-state index in [1.54, 1.807) is 0 Å². The molecule has 38 valence electrons. The number of rotatable bonds is 3. The Balaban J connectivity index is 2.68. The normalized spacial score (nSPS) is 10.4. The van der Waals surface area contributed by atoms with Crippen molar-refractivity contribution in [2.45, 2.75) is 11.5 Å². The van der Waals surface area contributed by atoms with Gasteiger partial charge in [0.05, 0.1) is 0 Å². The first kappa shape index (κ1) is 8.03. The van der Waals surface area contributed by atoms with Crippen LogP contribution in [0.15, 0.2) is 0 Å². The second-order valence-electron chi connectivity index (χ2n) is 2.16. The maximum absolute atomic E-state index is 2.34. The van der Waals surface area contributed by atoms with Crippen LogP contribution in [0.2, 0.25) is 5.09 Å². The first-order valence-corrected chi connectivity index (χ1v) is 5.34. The van der Waals surface area contributed by atoms with Crippen LogP contribution in [0.4, 0.5) is 0 Å².